The Labute approximate surface area is 320 Å². The minimum absolute atomic E-state index is 0.0481. The van der Waals surface area contributed by atoms with Gasteiger partial charge in [0.05, 0.1) is 45.3 Å². The molecule has 3 aromatic rings. The van der Waals surface area contributed by atoms with Crippen LogP contribution in [0.5, 0.6) is 6.01 Å². The van der Waals surface area contributed by atoms with Gasteiger partial charge >= 0.3 is 12.2 Å². The van der Waals surface area contributed by atoms with E-state index < -0.39 is 74.3 Å². The van der Waals surface area contributed by atoms with Gasteiger partial charge in [0.1, 0.15) is 36.0 Å². The fraction of sp³-hybridized carbons (Fsp3) is 0.526. The molecule has 4 heterocycles. The van der Waals surface area contributed by atoms with Crippen LogP contribution in [-0.2, 0) is 15.7 Å². The Hall–Kier alpha value is -4.27. The molecular weight excluding hydrogens is 749 g/mol. The van der Waals surface area contributed by atoms with Crippen molar-refractivity contribution in [3.8, 4) is 23.2 Å². The Morgan fingerprint density at radius 1 is 1.24 bits per heavy atom. The molecule has 55 heavy (non-hydrogen) atoms. The number of likely N-dealkylation sites (N-methyl/N-ethyl adjacent to an activating group) is 1. The number of nitriles is 1. The van der Waals surface area contributed by atoms with Gasteiger partial charge < -0.3 is 25.0 Å². The van der Waals surface area contributed by atoms with E-state index in [1.54, 1.807) is 22.8 Å². The molecule has 4 unspecified atom stereocenters. The molecular formula is C38H45F6N7O3S. The Morgan fingerprint density at radius 2 is 1.96 bits per heavy atom. The van der Waals surface area contributed by atoms with E-state index in [0.29, 0.717) is 37.7 Å². The smallest absolute Gasteiger partial charge is 0.417 e. The summed E-state index contributed by atoms with van der Waals surface area (Å²) >= 11 is 0.527. The minimum Gasteiger partial charge on any atom is -0.461 e. The van der Waals surface area contributed by atoms with Crippen molar-refractivity contribution in [1.82, 2.24) is 19.8 Å². The van der Waals surface area contributed by atoms with E-state index in [1.165, 1.54) is 14.0 Å². The second kappa shape index (κ2) is 16.8. The molecule has 6 rings (SSSR count). The van der Waals surface area contributed by atoms with E-state index >= 15 is 17.6 Å². The molecule has 0 bridgehead atoms. The van der Waals surface area contributed by atoms with Crippen LogP contribution in [-0.4, -0.2) is 96.0 Å². The molecule has 3 aliphatic heterocycles. The number of benzene rings is 2. The topological polar surface area (TPSA) is 121 Å². The monoisotopic (exact) mass is 793 g/mol. The largest absolute Gasteiger partial charge is 0.461 e. The summed E-state index contributed by atoms with van der Waals surface area (Å²) in [6.45, 7) is 12.1. The lowest BCUT2D eigenvalue weighted by Gasteiger charge is -2.36. The van der Waals surface area contributed by atoms with Crippen molar-refractivity contribution < 1.29 is 40.6 Å². The maximum atomic E-state index is 17.2. The standard InChI is InChI=1S/C36H39F6N7O3S.C2H6/c1-5-48(27-9-12-49(20(3)50)28(27)17-51-4)33-23-13-25(36(40,41)42)29(22-7-8-26(38)32(24(22)15-43)53-19(2)44)30(39)31(23)45-34(46-33)52-18-35-10-6-11-47(35)16-21(37)14-35;1-2/h7-8,13,21,27-28H,2,5-6,9-12,14,16-18,44H2,1,3-4H3;1-2H3. The molecule has 2 N–H and O–H groups in total. The van der Waals surface area contributed by atoms with Gasteiger partial charge in [0, 0.05) is 56.6 Å². The summed E-state index contributed by atoms with van der Waals surface area (Å²) < 4.78 is 104. The number of fused-ring (bicyclic) bond motifs is 2. The average Bonchev–Trinajstić information content (AvgIpc) is 3.81. The molecule has 298 valence electrons. The molecule has 0 spiro atoms. The summed E-state index contributed by atoms with van der Waals surface area (Å²) in [5.41, 5.74) is 0.867. The van der Waals surface area contributed by atoms with Gasteiger partial charge in [0.2, 0.25) is 5.91 Å². The molecule has 0 aliphatic carbocycles. The van der Waals surface area contributed by atoms with Crippen LogP contribution in [0.3, 0.4) is 0 Å². The van der Waals surface area contributed by atoms with E-state index in [4.69, 9.17) is 15.2 Å². The maximum Gasteiger partial charge on any atom is 0.417 e. The highest BCUT2D eigenvalue weighted by molar-refractivity contribution is 8.03. The Kier molecular flexibility index (Phi) is 12.8. The van der Waals surface area contributed by atoms with E-state index in [1.807, 2.05) is 18.7 Å². The van der Waals surface area contributed by atoms with Gasteiger partial charge in [-0.3, -0.25) is 9.69 Å². The number of carbonyl (C=O) groups excluding carboxylic acids is 1. The second-order valence-corrected chi connectivity index (χ2v) is 14.7. The lowest BCUT2D eigenvalue weighted by molar-refractivity contribution is -0.137. The highest BCUT2D eigenvalue weighted by atomic mass is 32.2. The number of rotatable bonds is 11. The number of amides is 1. The van der Waals surface area contributed by atoms with Crippen LogP contribution in [0, 0.1) is 23.0 Å². The summed E-state index contributed by atoms with van der Waals surface area (Å²) in [6.07, 6.45) is -4.18. The van der Waals surface area contributed by atoms with Crippen molar-refractivity contribution in [2.24, 2.45) is 5.73 Å². The summed E-state index contributed by atoms with van der Waals surface area (Å²) in [6, 6.07) is 2.79. The van der Waals surface area contributed by atoms with Crippen molar-refractivity contribution >= 4 is 34.4 Å². The summed E-state index contributed by atoms with van der Waals surface area (Å²) in [5, 5.41) is 9.63. The van der Waals surface area contributed by atoms with Crippen molar-refractivity contribution in [2.45, 2.75) is 88.2 Å². The number of methoxy groups -OCH3 is 1. The Bertz CT molecular complexity index is 1980. The molecule has 4 atom stereocenters. The second-order valence-electron chi connectivity index (χ2n) is 13.6. The summed E-state index contributed by atoms with van der Waals surface area (Å²) in [5.74, 6) is -2.70. The molecule has 3 fully saturated rings. The van der Waals surface area contributed by atoms with Gasteiger partial charge in [-0.25, -0.2) is 13.2 Å². The van der Waals surface area contributed by atoms with Crippen molar-refractivity contribution in [2.75, 3.05) is 51.4 Å². The zero-order valence-corrected chi connectivity index (χ0v) is 32.2. The number of hydrogen-bond donors (Lipinski definition) is 1. The maximum absolute atomic E-state index is 17.2. The number of carbonyl (C=O) groups is 1. The third-order valence-corrected chi connectivity index (χ3v) is 11.3. The van der Waals surface area contributed by atoms with Crippen LogP contribution in [0.15, 0.2) is 34.7 Å². The first-order chi connectivity index (χ1) is 26.1. The van der Waals surface area contributed by atoms with Crippen molar-refractivity contribution in [1.29, 1.82) is 5.26 Å². The quantitative estimate of drug-likeness (QED) is 0.155. The number of alkyl halides is 4. The predicted octanol–water partition coefficient (Wildman–Crippen LogP) is 7.43. The first kappa shape index (κ1) is 41.9. The van der Waals surface area contributed by atoms with Gasteiger partial charge in [-0.15, -0.1) is 0 Å². The summed E-state index contributed by atoms with van der Waals surface area (Å²) in [4.78, 5) is 26.4. The predicted molar refractivity (Wildman–Crippen MR) is 198 cm³/mol. The molecule has 2 aromatic carbocycles. The van der Waals surface area contributed by atoms with Crippen LogP contribution >= 0.6 is 11.8 Å². The molecule has 10 nitrogen and oxygen atoms in total. The first-order valence-electron chi connectivity index (χ1n) is 18.1. The first-order valence-corrected chi connectivity index (χ1v) is 19.0. The van der Waals surface area contributed by atoms with Gasteiger partial charge in [0.15, 0.2) is 5.82 Å². The number of anilines is 1. The number of halogens is 6. The summed E-state index contributed by atoms with van der Waals surface area (Å²) in [7, 11) is 1.47. The number of nitrogens with zero attached hydrogens (tertiary/aromatic N) is 6. The number of likely N-dealkylation sites (tertiary alicyclic amines) is 1. The van der Waals surface area contributed by atoms with Crippen LogP contribution < -0.4 is 15.4 Å². The number of nitrogens with two attached hydrogens (primary N) is 1. The Morgan fingerprint density at radius 3 is 2.58 bits per heavy atom. The zero-order valence-electron chi connectivity index (χ0n) is 31.4. The van der Waals surface area contributed by atoms with E-state index in [2.05, 4.69) is 16.5 Å². The Balaban J connectivity index is 0.00000285. The third kappa shape index (κ3) is 8.04. The van der Waals surface area contributed by atoms with Crippen LogP contribution in [0.25, 0.3) is 22.0 Å². The van der Waals surface area contributed by atoms with Crippen LogP contribution in [0.4, 0.5) is 32.2 Å². The highest BCUT2D eigenvalue weighted by Gasteiger charge is 2.50. The number of aromatic nitrogens is 2. The van der Waals surface area contributed by atoms with Crippen molar-refractivity contribution in [3.05, 3.63) is 52.6 Å². The lowest BCUT2D eigenvalue weighted by Crippen LogP contribution is -2.49. The average molecular weight is 794 g/mol. The van der Waals surface area contributed by atoms with E-state index in [9.17, 15) is 18.8 Å². The molecule has 3 saturated heterocycles. The van der Waals surface area contributed by atoms with E-state index in [-0.39, 0.29) is 60.9 Å². The number of hydrogen-bond acceptors (Lipinski definition) is 10. The molecule has 0 radical (unpaired) electrons. The molecule has 1 aromatic heterocycles. The van der Waals surface area contributed by atoms with Gasteiger partial charge in [-0.05, 0) is 50.9 Å². The molecule has 1 amide bonds. The number of thioether (sulfide) groups is 1. The van der Waals surface area contributed by atoms with Gasteiger partial charge in [-0.2, -0.15) is 28.4 Å². The van der Waals surface area contributed by atoms with Crippen LogP contribution in [0.1, 0.15) is 64.5 Å². The molecule has 0 saturated carbocycles. The lowest BCUT2D eigenvalue weighted by atomic mass is 9.92. The minimum atomic E-state index is -5.17. The number of ether oxygens (including phenoxy) is 2. The van der Waals surface area contributed by atoms with Gasteiger partial charge in [0.25, 0.3) is 0 Å². The fourth-order valence-electron chi connectivity index (χ4n) is 8.22. The highest BCUT2D eigenvalue weighted by Crippen LogP contribution is 2.47. The SMILES string of the molecule is C=C(N)Sc1c(F)ccc(-c2c(C(F)(F)F)cc3c(N(CC)C4CCN(C(C)=O)C4COC)nc(OCC45CCCN4CC(F)C5)nc3c2F)c1C#N.CC. The fourth-order valence-corrected chi connectivity index (χ4v) is 8.91. The van der Waals surface area contributed by atoms with Crippen molar-refractivity contribution in [3.63, 3.8) is 0 Å². The normalized spacial score (nSPS) is 22.3. The molecule has 17 heteroatoms. The zero-order chi connectivity index (χ0) is 40.4. The van der Waals surface area contributed by atoms with E-state index in [0.717, 1.165) is 24.6 Å². The van der Waals surface area contributed by atoms with Crippen LogP contribution in [0.2, 0.25) is 0 Å². The van der Waals surface area contributed by atoms with Gasteiger partial charge in [-0.1, -0.05) is 32.2 Å². The third-order valence-electron chi connectivity index (χ3n) is 10.4. The molecule has 3 aliphatic rings.